The minimum Gasteiger partial charge on any atom is -0.478 e. The summed E-state index contributed by atoms with van der Waals surface area (Å²) < 4.78 is 0. The van der Waals surface area contributed by atoms with Crippen LogP contribution in [-0.4, -0.2) is 42.2 Å². The van der Waals surface area contributed by atoms with Crippen LogP contribution in [0.5, 0.6) is 0 Å². The van der Waals surface area contributed by atoms with Crippen molar-refractivity contribution in [3.63, 3.8) is 0 Å². The van der Waals surface area contributed by atoms with E-state index in [0.29, 0.717) is 11.6 Å². The first-order valence-corrected chi connectivity index (χ1v) is 5.43. The minimum atomic E-state index is -0.882. The van der Waals surface area contributed by atoms with Crippen LogP contribution < -0.4 is 5.32 Å². The summed E-state index contributed by atoms with van der Waals surface area (Å²) in [6.07, 6.45) is 1.10. The summed E-state index contributed by atoms with van der Waals surface area (Å²) in [6, 6.07) is 7.39. The highest BCUT2D eigenvalue weighted by atomic mass is 16.4. The molecule has 0 amide bonds. The lowest BCUT2D eigenvalue weighted by Gasteiger charge is -2.14. The maximum atomic E-state index is 10.8. The number of nitrogens with zero attached hydrogens (tertiary/aromatic N) is 1. The second kappa shape index (κ2) is 4.53. The fourth-order valence-electron chi connectivity index (χ4n) is 2.03. The fraction of sp³-hybridized carbons (Fsp3) is 0.417. The van der Waals surface area contributed by atoms with Gasteiger partial charge in [0.25, 0.3) is 0 Å². The van der Waals surface area contributed by atoms with Crippen LogP contribution in [0, 0.1) is 0 Å². The van der Waals surface area contributed by atoms with Crippen LogP contribution in [-0.2, 0) is 0 Å². The highest BCUT2D eigenvalue weighted by Crippen LogP contribution is 2.16. The van der Waals surface area contributed by atoms with Crippen LogP contribution in [0.15, 0.2) is 24.3 Å². The number of rotatable bonds is 3. The van der Waals surface area contributed by atoms with Gasteiger partial charge in [-0.15, -0.1) is 0 Å². The van der Waals surface area contributed by atoms with Gasteiger partial charge in [0.2, 0.25) is 0 Å². The molecule has 2 rings (SSSR count). The molecule has 4 heteroatoms. The normalized spacial score (nSPS) is 20.9. The number of nitrogens with one attached hydrogen (secondary N) is 1. The van der Waals surface area contributed by atoms with Crippen LogP contribution in [0.1, 0.15) is 16.8 Å². The van der Waals surface area contributed by atoms with Gasteiger partial charge in [-0.25, -0.2) is 4.79 Å². The zero-order valence-corrected chi connectivity index (χ0v) is 9.31. The summed E-state index contributed by atoms with van der Waals surface area (Å²) in [5.41, 5.74) is 1.22. The Morgan fingerprint density at radius 1 is 1.56 bits per heavy atom. The van der Waals surface area contributed by atoms with Gasteiger partial charge in [-0.3, -0.25) is 0 Å². The number of carboxylic acid groups (broad SMARTS) is 1. The molecule has 1 aliphatic heterocycles. The Bertz CT molecular complexity index is 392. The molecule has 16 heavy (non-hydrogen) atoms. The van der Waals surface area contributed by atoms with E-state index in [1.807, 2.05) is 6.07 Å². The number of aromatic carboxylic acids is 1. The smallest absolute Gasteiger partial charge is 0.335 e. The van der Waals surface area contributed by atoms with Crippen LogP contribution in [0.2, 0.25) is 0 Å². The van der Waals surface area contributed by atoms with Crippen molar-refractivity contribution in [3.05, 3.63) is 29.8 Å². The van der Waals surface area contributed by atoms with Gasteiger partial charge in [0.15, 0.2) is 0 Å². The van der Waals surface area contributed by atoms with Gasteiger partial charge in [-0.05, 0) is 38.2 Å². The lowest BCUT2D eigenvalue weighted by atomic mass is 10.2. The average molecular weight is 220 g/mol. The number of likely N-dealkylation sites (N-methyl/N-ethyl adjacent to an activating group) is 1. The predicted molar refractivity (Wildman–Crippen MR) is 62.9 cm³/mol. The molecule has 0 aliphatic carbocycles. The molecule has 1 aliphatic rings. The van der Waals surface area contributed by atoms with Crippen LogP contribution in [0.3, 0.4) is 0 Å². The van der Waals surface area contributed by atoms with Gasteiger partial charge in [-0.1, -0.05) is 6.07 Å². The first-order valence-electron chi connectivity index (χ1n) is 5.43. The fourth-order valence-corrected chi connectivity index (χ4v) is 2.03. The van der Waals surface area contributed by atoms with Gasteiger partial charge in [-0.2, -0.15) is 0 Å². The van der Waals surface area contributed by atoms with E-state index in [4.69, 9.17) is 5.11 Å². The number of carboxylic acids is 1. The highest BCUT2D eigenvalue weighted by Gasteiger charge is 2.19. The second-order valence-corrected chi connectivity index (χ2v) is 4.28. The molecule has 0 aromatic heterocycles. The van der Waals surface area contributed by atoms with Gasteiger partial charge in [0.1, 0.15) is 0 Å². The first-order chi connectivity index (χ1) is 7.65. The molecule has 4 nitrogen and oxygen atoms in total. The third kappa shape index (κ3) is 2.52. The molecular weight excluding hydrogens is 204 g/mol. The quantitative estimate of drug-likeness (QED) is 0.810. The van der Waals surface area contributed by atoms with E-state index in [9.17, 15) is 4.79 Å². The third-order valence-corrected chi connectivity index (χ3v) is 2.87. The monoisotopic (exact) mass is 220 g/mol. The predicted octanol–water partition coefficient (Wildman–Crippen LogP) is 1.50. The molecule has 86 valence electrons. The van der Waals surface area contributed by atoms with Crippen molar-refractivity contribution in [3.8, 4) is 0 Å². The van der Waals surface area contributed by atoms with E-state index in [0.717, 1.165) is 25.2 Å². The van der Waals surface area contributed by atoms with Crippen molar-refractivity contribution < 1.29 is 9.90 Å². The van der Waals surface area contributed by atoms with Crippen molar-refractivity contribution in [2.24, 2.45) is 0 Å². The largest absolute Gasteiger partial charge is 0.478 e. The van der Waals surface area contributed by atoms with Crippen molar-refractivity contribution in [2.45, 2.75) is 12.5 Å². The summed E-state index contributed by atoms with van der Waals surface area (Å²) in [7, 11) is 2.09. The van der Waals surface area contributed by atoms with E-state index < -0.39 is 5.97 Å². The van der Waals surface area contributed by atoms with Crippen LogP contribution in [0.25, 0.3) is 0 Å². The number of likely N-dealkylation sites (tertiary alicyclic amines) is 1. The standard InChI is InChI=1S/C12H16N2O2/c1-14-6-5-11(8-14)13-10-4-2-3-9(7-10)12(15)16/h2-4,7,11,13H,5-6,8H2,1H3,(H,15,16). The first kappa shape index (κ1) is 11.0. The zero-order chi connectivity index (χ0) is 11.5. The number of hydrogen-bond acceptors (Lipinski definition) is 3. The SMILES string of the molecule is CN1CCC(Nc2cccc(C(=O)O)c2)C1. The molecule has 1 aromatic carbocycles. The van der Waals surface area contributed by atoms with E-state index in [1.165, 1.54) is 0 Å². The average Bonchev–Trinajstić information content (AvgIpc) is 2.64. The minimum absolute atomic E-state index is 0.330. The lowest BCUT2D eigenvalue weighted by molar-refractivity contribution is 0.0697. The van der Waals surface area contributed by atoms with Crippen molar-refractivity contribution >= 4 is 11.7 Å². The Hall–Kier alpha value is -1.55. The zero-order valence-electron chi connectivity index (χ0n) is 9.31. The molecule has 0 bridgehead atoms. The molecule has 1 heterocycles. The van der Waals surface area contributed by atoms with Crippen molar-refractivity contribution in [1.82, 2.24) is 4.90 Å². The van der Waals surface area contributed by atoms with Gasteiger partial charge in [0, 0.05) is 18.3 Å². The number of anilines is 1. The molecule has 0 spiro atoms. The Morgan fingerprint density at radius 3 is 3.00 bits per heavy atom. The topological polar surface area (TPSA) is 52.6 Å². The van der Waals surface area contributed by atoms with Gasteiger partial charge >= 0.3 is 5.97 Å². The molecule has 2 N–H and O–H groups in total. The Kier molecular flexibility index (Phi) is 3.10. The van der Waals surface area contributed by atoms with E-state index in [1.54, 1.807) is 18.2 Å². The van der Waals surface area contributed by atoms with Crippen LogP contribution in [0.4, 0.5) is 5.69 Å². The summed E-state index contributed by atoms with van der Waals surface area (Å²) in [6.45, 7) is 2.10. The molecule has 1 aromatic rings. The summed E-state index contributed by atoms with van der Waals surface area (Å²) in [5, 5.41) is 12.2. The summed E-state index contributed by atoms with van der Waals surface area (Å²) >= 11 is 0. The van der Waals surface area contributed by atoms with E-state index in [2.05, 4.69) is 17.3 Å². The molecule has 0 radical (unpaired) electrons. The van der Waals surface area contributed by atoms with E-state index >= 15 is 0 Å². The molecule has 1 atom stereocenters. The Labute approximate surface area is 94.9 Å². The van der Waals surface area contributed by atoms with Crippen LogP contribution >= 0.6 is 0 Å². The number of benzene rings is 1. The Morgan fingerprint density at radius 2 is 2.38 bits per heavy atom. The molecule has 1 fully saturated rings. The molecule has 0 saturated carbocycles. The Balaban J connectivity index is 2.04. The summed E-state index contributed by atoms with van der Waals surface area (Å²) in [5.74, 6) is -0.882. The molecular formula is C12H16N2O2. The maximum absolute atomic E-state index is 10.8. The summed E-state index contributed by atoms with van der Waals surface area (Å²) in [4.78, 5) is 13.1. The van der Waals surface area contributed by atoms with Crippen molar-refractivity contribution in [1.29, 1.82) is 0 Å². The lowest BCUT2D eigenvalue weighted by Crippen LogP contribution is -2.23. The number of hydrogen-bond donors (Lipinski definition) is 2. The van der Waals surface area contributed by atoms with Gasteiger partial charge < -0.3 is 15.3 Å². The second-order valence-electron chi connectivity index (χ2n) is 4.28. The van der Waals surface area contributed by atoms with Crippen molar-refractivity contribution in [2.75, 3.05) is 25.5 Å². The molecule has 1 saturated heterocycles. The van der Waals surface area contributed by atoms with E-state index in [-0.39, 0.29) is 0 Å². The number of carbonyl (C=O) groups is 1. The third-order valence-electron chi connectivity index (χ3n) is 2.87. The maximum Gasteiger partial charge on any atom is 0.335 e. The molecule has 1 unspecified atom stereocenters. The highest BCUT2D eigenvalue weighted by molar-refractivity contribution is 5.88. The van der Waals surface area contributed by atoms with Gasteiger partial charge in [0.05, 0.1) is 5.56 Å².